The van der Waals surface area contributed by atoms with E-state index in [1.54, 1.807) is 0 Å². The van der Waals surface area contributed by atoms with Crippen LogP contribution in [0.4, 0.5) is 4.79 Å². The zero-order valence-electron chi connectivity index (χ0n) is 14.7. The van der Waals surface area contributed by atoms with Crippen LogP contribution in [-0.2, 0) is 14.3 Å². The topological polar surface area (TPSA) is 111 Å². The SMILES string of the molecule is CC(C)(C)OC(=O)NC1CCC2(CC1)CNC2=O.NC(=O)CCS. The first-order valence-electron chi connectivity index (χ1n) is 8.25. The number of nitrogens with two attached hydrogens (primary N) is 1. The number of nitrogens with one attached hydrogen (secondary N) is 2. The molecule has 24 heavy (non-hydrogen) atoms. The summed E-state index contributed by atoms with van der Waals surface area (Å²) in [5, 5.41) is 5.69. The summed E-state index contributed by atoms with van der Waals surface area (Å²) in [6.07, 6.45) is 3.45. The van der Waals surface area contributed by atoms with Crippen LogP contribution in [-0.4, -0.2) is 41.8 Å². The van der Waals surface area contributed by atoms with Gasteiger partial charge in [0.05, 0.1) is 5.41 Å². The average Bonchev–Trinajstić information content (AvgIpc) is 2.45. The Labute approximate surface area is 148 Å². The van der Waals surface area contributed by atoms with Crippen molar-refractivity contribution in [2.24, 2.45) is 11.1 Å². The van der Waals surface area contributed by atoms with Crippen molar-refractivity contribution in [3.05, 3.63) is 0 Å². The van der Waals surface area contributed by atoms with Gasteiger partial charge in [-0.3, -0.25) is 9.59 Å². The number of carbonyl (C=O) groups excluding carboxylic acids is 3. The zero-order valence-corrected chi connectivity index (χ0v) is 15.6. The molecule has 0 aromatic rings. The minimum absolute atomic E-state index is 0.133. The molecule has 1 spiro atoms. The molecule has 1 aliphatic heterocycles. The van der Waals surface area contributed by atoms with E-state index in [0.717, 1.165) is 32.2 Å². The van der Waals surface area contributed by atoms with E-state index in [9.17, 15) is 14.4 Å². The van der Waals surface area contributed by atoms with Gasteiger partial charge in [-0.1, -0.05) is 0 Å². The molecule has 3 amide bonds. The Hall–Kier alpha value is -1.44. The molecule has 2 aliphatic rings. The van der Waals surface area contributed by atoms with Gasteiger partial charge in [0.15, 0.2) is 0 Å². The van der Waals surface area contributed by atoms with Crippen molar-refractivity contribution >= 4 is 30.5 Å². The van der Waals surface area contributed by atoms with Gasteiger partial charge in [0.2, 0.25) is 11.8 Å². The van der Waals surface area contributed by atoms with Crippen molar-refractivity contribution in [3.8, 4) is 0 Å². The third-order valence-electron chi connectivity index (χ3n) is 4.09. The van der Waals surface area contributed by atoms with Crippen LogP contribution in [0.5, 0.6) is 0 Å². The first-order chi connectivity index (χ1) is 11.1. The largest absolute Gasteiger partial charge is 0.444 e. The number of hydrogen-bond donors (Lipinski definition) is 4. The third kappa shape index (κ3) is 6.59. The minimum Gasteiger partial charge on any atom is -0.444 e. The third-order valence-corrected chi connectivity index (χ3v) is 4.31. The smallest absolute Gasteiger partial charge is 0.407 e. The second-order valence-corrected chi connectivity index (χ2v) is 7.77. The van der Waals surface area contributed by atoms with Crippen LogP contribution in [0.3, 0.4) is 0 Å². The summed E-state index contributed by atoms with van der Waals surface area (Å²) in [7, 11) is 0. The molecule has 1 saturated carbocycles. The van der Waals surface area contributed by atoms with Gasteiger partial charge in [0.1, 0.15) is 5.60 Å². The molecule has 1 saturated heterocycles. The van der Waals surface area contributed by atoms with E-state index in [1.165, 1.54) is 0 Å². The highest BCUT2D eigenvalue weighted by Crippen LogP contribution is 2.40. The van der Waals surface area contributed by atoms with E-state index >= 15 is 0 Å². The monoisotopic (exact) mass is 359 g/mol. The summed E-state index contributed by atoms with van der Waals surface area (Å²) < 4.78 is 5.22. The Morgan fingerprint density at radius 2 is 1.96 bits per heavy atom. The Kier molecular flexibility index (Phi) is 7.38. The Morgan fingerprint density at radius 3 is 2.25 bits per heavy atom. The van der Waals surface area contributed by atoms with Gasteiger partial charge in [0, 0.05) is 19.0 Å². The molecule has 0 atom stereocenters. The van der Waals surface area contributed by atoms with E-state index < -0.39 is 5.60 Å². The molecule has 0 bridgehead atoms. The fourth-order valence-electron chi connectivity index (χ4n) is 2.71. The van der Waals surface area contributed by atoms with Crippen LogP contribution in [0.1, 0.15) is 52.9 Å². The van der Waals surface area contributed by atoms with Crippen LogP contribution < -0.4 is 16.4 Å². The molecule has 8 heteroatoms. The Balaban J connectivity index is 0.000000413. The van der Waals surface area contributed by atoms with Crippen molar-refractivity contribution in [2.75, 3.05) is 12.3 Å². The van der Waals surface area contributed by atoms with Crippen LogP contribution in [0.15, 0.2) is 0 Å². The highest BCUT2D eigenvalue weighted by atomic mass is 32.1. The number of thiol groups is 1. The molecular weight excluding hydrogens is 330 g/mol. The first kappa shape index (κ1) is 20.6. The van der Waals surface area contributed by atoms with Crippen molar-refractivity contribution in [2.45, 2.75) is 64.5 Å². The molecule has 2 rings (SSSR count). The lowest BCUT2D eigenvalue weighted by Crippen LogP contribution is -2.61. The van der Waals surface area contributed by atoms with E-state index in [2.05, 4.69) is 23.3 Å². The summed E-state index contributed by atoms with van der Waals surface area (Å²) in [4.78, 5) is 32.9. The lowest BCUT2D eigenvalue weighted by molar-refractivity contribution is -0.142. The summed E-state index contributed by atoms with van der Waals surface area (Å²) >= 11 is 3.76. The number of carbonyl (C=O) groups is 3. The summed E-state index contributed by atoms with van der Waals surface area (Å²) in [6.45, 7) is 6.34. The molecule has 0 radical (unpaired) electrons. The molecule has 1 aliphatic carbocycles. The maximum absolute atomic E-state index is 11.6. The predicted molar refractivity (Wildman–Crippen MR) is 94.7 cm³/mol. The highest BCUT2D eigenvalue weighted by Gasteiger charge is 2.48. The molecule has 0 aromatic heterocycles. The quantitative estimate of drug-likeness (QED) is 0.450. The molecular formula is C16H29N3O4S. The minimum atomic E-state index is -0.464. The zero-order chi connectivity index (χ0) is 18.4. The second kappa shape index (κ2) is 8.60. The lowest BCUT2D eigenvalue weighted by Gasteiger charge is -2.45. The van der Waals surface area contributed by atoms with Crippen molar-refractivity contribution in [1.82, 2.24) is 10.6 Å². The van der Waals surface area contributed by atoms with E-state index in [1.807, 2.05) is 20.8 Å². The number of amides is 3. The predicted octanol–water partition coefficient (Wildman–Crippen LogP) is 1.36. The molecule has 0 aromatic carbocycles. The number of ether oxygens (including phenoxy) is 1. The van der Waals surface area contributed by atoms with Crippen molar-refractivity contribution in [1.29, 1.82) is 0 Å². The van der Waals surface area contributed by atoms with Gasteiger partial charge >= 0.3 is 6.09 Å². The number of β-lactam (4-membered cyclic amide) rings is 1. The molecule has 138 valence electrons. The molecule has 2 fully saturated rings. The fourth-order valence-corrected chi connectivity index (χ4v) is 2.93. The average molecular weight is 359 g/mol. The first-order valence-corrected chi connectivity index (χ1v) is 8.88. The summed E-state index contributed by atoms with van der Waals surface area (Å²) in [5.41, 5.74) is 4.12. The summed E-state index contributed by atoms with van der Waals surface area (Å²) in [6, 6.07) is 0.138. The maximum Gasteiger partial charge on any atom is 0.407 e. The van der Waals surface area contributed by atoms with Crippen molar-refractivity contribution in [3.63, 3.8) is 0 Å². The van der Waals surface area contributed by atoms with Gasteiger partial charge in [-0.05, 0) is 52.2 Å². The second-order valence-electron chi connectivity index (χ2n) is 7.32. The Morgan fingerprint density at radius 1 is 1.38 bits per heavy atom. The van der Waals surface area contributed by atoms with E-state index in [-0.39, 0.29) is 29.4 Å². The Bertz CT molecular complexity index is 468. The fraction of sp³-hybridized carbons (Fsp3) is 0.812. The normalized spacial score (nSPS) is 25.7. The van der Waals surface area contributed by atoms with Crippen LogP contribution in [0.2, 0.25) is 0 Å². The van der Waals surface area contributed by atoms with Gasteiger partial charge in [0.25, 0.3) is 0 Å². The van der Waals surface area contributed by atoms with Gasteiger partial charge in [-0.15, -0.1) is 0 Å². The van der Waals surface area contributed by atoms with Gasteiger partial charge < -0.3 is 21.1 Å². The van der Waals surface area contributed by atoms with Crippen LogP contribution in [0.25, 0.3) is 0 Å². The van der Waals surface area contributed by atoms with E-state index in [4.69, 9.17) is 10.5 Å². The lowest BCUT2D eigenvalue weighted by atomic mass is 9.68. The molecule has 1 heterocycles. The number of alkyl carbamates (subject to hydrolysis) is 1. The summed E-state index contributed by atoms with van der Waals surface area (Å²) in [5.74, 6) is 0.443. The number of primary amides is 1. The number of hydrogen-bond acceptors (Lipinski definition) is 5. The molecule has 7 nitrogen and oxygen atoms in total. The maximum atomic E-state index is 11.6. The van der Waals surface area contributed by atoms with Gasteiger partial charge in [-0.2, -0.15) is 12.6 Å². The standard InChI is InChI=1S/C13H22N2O3.C3H7NOS/c1-12(2,3)18-11(17)15-9-4-6-13(7-5-9)8-14-10(13)16;4-3(5)1-2-6/h9H,4-8H2,1-3H3,(H,14,16)(H,15,17);6H,1-2H2,(H2,4,5). The van der Waals surface area contributed by atoms with Crippen LogP contribution >= 0.6 is 12.6 Å². The molecule has 0 unspecified atom stereocenters. The van der Waals surface area contributed by atoms with Gasteiger partial charge in [-0.25, -0.2) is 4.79 Å². The van der Waals surface area contributed by atoms with E-state index in [0.29, 0.717) is 12.2 Å². The highest BCUT2D eigenvalue weighted by molar-refractivity contribution is 7.80. The van der Waals surface area contributed by atoms with Crippen molar-refractivity contribution < 1.29 is 19.1 Å². The molecule has 4 N–H and O–H groups in total. The number of rotatable bonds is 3. The van der Waals surface area contributed by atoms with Crippen LogP contribution in [0, 0.1) is 5.41 Å².